The summed E-state index contributed by atoms with van der Waals surface area (Å²) in [4.78, 5) is 23.2. The van der Waals surface area contributed by atoms with Gasteiger partial charge in [0.05, 0.1) is 13.5 Å². The lowest BCUT2D eigenvalue weighted by atomic mass is 9.49. The second-order valence-electron chi connectivity index (χ2n) is 7.27. The number of methoxy groups -OCH3 is 1. The van der Waals surface area contributed by atoms with E-state index in [1.807, 2.05) is 0 Å². The molecule has 0 unspecified atom stereocenters. The number of amides is 1. The average Bonchev–Trinajstić information content (AvgIpc) is 2.36. The average molecular weight is 279 g/mol. The van der Waals surface area contributed by atoms with Gasteiger partial charge < -0.3 is 10.1 Å². The molecule has 4 bridgehead atoms. The minimum atomic E-state index is -0.264. The topological polar surface area (TPSA) is 55.4 Å². The lowest BCUT2D eigenvalue weighted by Crippen LogP contribution is -2.48. The zero-order valence-corrected chi connectivity index (χ0v) is 12.3. The normalized spacial score (nSPS) is 37.8. The molecule has 0 spiro atoms. The molecule has 0 atom stereocenters. The summed E-state index contributed by atoms with van der Waals surface area (Å²) in [5, 5.41) is 2.88. The van der Waals surface area contributed by atoms with Gasteiger partial charge in [-0.3, -0.25) is 9.59 Å². The van der Waals surface area contributed by atoms with Crippen molar-refractivity contribution in [1.29, 1.82) is 0 Å². The first-order valence-corrected chi connectivity index (χ1v) is 7.92. The van der Waals surface area contributed by atoms with Crippen molar-refractivity contribution in [1.82, 2.24) is 5.32 Å². The van der Waals surface area contributed by atoms with E-state index in [9.17, 15) is 9.59 Å². The molecule has 4 fully saturated rings. The molecule has 0 aromatic heterocycles. The zero-order chi connectivity index (χ0) is 14.2. The summed E-state index contributed by atoms with van der Waals surface area (Å²) < 4.78 is 4.58. The van der Waals surface area contributed by atoms with Crippen LogP contribution in [0.5, 0.6) is 0 Å². The van der Waals surface area contributed by atoms with E-state index < -0.39 is 0 Å². The Bertz CT molecular complexity index is 369. The molecule has 0 heterocycles. The lowest BCUT2D eigenvalue weighted by molar-refractivity contribution is -0.140. The Morgan fingerprint density at radius 1 is 1.10 bits per heavy atom. The summed E-state index contributed by atoms with van der Waals surface area (Å²) in [5.74, 6) is 2.49. The van der Waals surface area contributed by atoms with Gasteiger partial charge in [-0.15, -0.1) is 0 Å². The van der Waals surface area contributed by atoms with Crippen molar-refractivity contribution in [2.24, 2.45) is 23.2 Å². The standard InChI is InChI=1S/C16H25NO3/c1-20-15(19)2-3-17-14(18)10-16-7-11-4-12(8-16)6-13(5-11)9-16/h11-13H,2-10H2,1H3,(H,17,18). The third kappa shape index (κ3) is 2.84. The Morgan fingerprint density at radius 3 is 2.15 bits per heavy atom. The third-order valence-electron chi connectivity index (χ3n) is 5.58. The summed E-state index contributed by atoms with van der Waals surface area (Å²) in [7, 11) is 1.37. The fourth-order valence-electron chi connectivity index (χ4n) is 5.32. The van der Waals surface area contributed by atoms with Gasteiger partial charge in [-0.25, -0.2) is 0 Å². The predicted molar refractivity (Wildman–Crippen MR) is 74.9 cm³/mol. The lowest BCUT2D eigenvalue weighted by Gasteiger charge is -2.56. The molecule has 1 amide bonds. The maximum Gasteiger partial charge on any atom is 0.307 e. The van der Waals surface area contributed by atoms with Crippen LogP contribution in [0, 0.1) is 23.2 Å². The first-order chi connectivity index (χ1) is 9.58. The molecule has 4 rings (SSSR count). The third-order valence-corrected chi connectivity index (χ3v) is 5.58. The Labute approximate surface area is 120 Å². The smallest absolute Gasteiger partial charge is 0.307 e. The van der Waals surface area contributed by atoms with Crippen molar-refractivity contribution in [2.75, 3.05) is 13.7 Å². The fourth-order valence-corrected chi connectivity index (χ4v) is 5.32. The van der Waals surface area contributed by atoms with Gasteiger partial charge in [0.25, 0.3) is 0 Å². The molecular weight excluding hydrogens is 254 g/mol. The highest BCUT2D eigenvalue weighted by Crippen LogP contribution is 2.61. The second kappa shape index (κ2) is 5.38. The van der Waals surface area contributed by atoms with E-state index in [0.717, 1.165) is 17.8 Å². The van der Waals surface area contributed by atoms with Crippen LogP contribution in [-0.4, -0.2) is 25.5 Å². The minimum Gasteiger partial charge on any atom is -0.469 e. The van der Waals surface area contributed by atoms with E-state index in [1.54, 1.807) is 0 Å². The highest BCUT2D eigenvalue weighted by Gasteiger charge is 2.51. The predicted octanol–water partition coefficient (Wildman–Crippen LogP) is 2.27. The Balaban J connectivity index is 1.50. The first-order valence-electron chi connectivity index (χ1n) is 7.92. The summed E-state index contributed by atoms with van der Waals surface area (Å²) in [6.45, 7) is 0.401. The van der Waals surface area contributed by atoms with Crippen LogP contribution in [0.4, 0.5) is 0 Å². The van der Waals surface area contributed by atoms with Gasteiger partial charge >= 0.3 is 5.97 Å². The molecule has 4 aliphatic rings. The Morgan fingerprint density at radius 2 is 1.65 bits per heavy atom. The van der Waals surface area contributed by atoms with Crippen LogP contribution in [0.25, 0.3) is 0 Å². The number of carbonyl (C=O) groups excluding carboxylic acids is 2. The zero-order valence-electron chi connectivity index (χ0n) is 12.3. The highest BCUT2D eigenvalue weighted by molar-refractivity contribution is 5.77. The van der Waals surface area contributed by atoms with E-state index in [1.165, 1.54) is 45.6 Å². The summed E-state index contributed by atoms with van der Waals surface area (Å²) in [6.07, 6.45) is 8.91. The van der Waals surface area contributed by atoms with E-state index in [2.05, 4.69) is 10.1 Å². The van der Waals surface area contributed by atoms with Crippen LogP contribution < -0.4 is 5.32 Å². The summed E-state index contributed by atoms with van der Waals surface area (Å²) in [5.41, 5.74) is 0.282. The van der Waals surface area contributed by atoms with Gasteiger partial charge in [-0.2, -0.15) is 0 Å². The van der Waals surface area contributed by atoms with E-state index in [-0.39, 0.29) is 23.7 Å². The van der Waals surface area contributed by atoms with Gasteiger partial charge in [0.15, 0.2) is 0 Å². The fraction of sp³-hybridized carbons (Fsp3) is 0.875. The molecule has 0 aliphatic heterocycles. The largest absolute Gasteiger partial charge is 0.469 e. The molecule has 20 heavy (non-hydrogen) atoms. The molecule has 0 aromatic rings. The molecule has 4 aliphatic carbocycles. The molecule has 0 radical (unpaired) electrons. The number of nitrogens with one attached hydrogen (secondary N) is 1. The molecule has 4 saturated carbocycles. The van der Waals surface area contributed by atoms with Crippen molar-refractivity contribution >= 4 is 11.9 Å². The maximum atomic E-state index is 12.1. The van der Waals surface area contributed by atoms with Crippen LogP contribution in [0.2, 0.25) is 0 Å². The van der Waals surface area contributed by atoms with E-state index in [0.29, 0.717) is 13.0 Å². The van der Waals surface area contributed by atoms with Crippen molar-refractivity contribution in [3.8, 4) is 0 Å². The number of hydrogen-bond acceptors (Lipinski definition) is 3. The van der Waals surface area contributed by atoms with E-state index >= 15 is 0 Å². The van der Waals surface area contributed by atoms with Crippen molar-refractivity contribution in [3.05, 3.63) is 0 Å². The van der Waals surface area contributed by atoms with Crippen molar-refractivity contribution in [2.45, 2.75) is 51.4 Å². The second-order valence-corrected chi connectivity index (χ2v) is 7.27. The van der Waals surface area contributed by atoms with Gasteiger partial charge in [0, 0.05) is 13.0 Å². The summed E-state index contributed by atoms with van der Waals surface area (Å²) >= 11 is 0. The van der Waals surface area contributed by atoms with Gasteiger partial charge in [-0.1, -0.05) is 0 Å². The molecule has 112 valence electrons. The van der Waals surface area contributed by atoms with Crippen molar-refractivity contribution < 1.29 is 14.3 Å². The number of ether oxygens (including phenoxy) is 1. The summed E-state index contributed by atoms with van der Waals surface area (Å²) in [6, 6.07) is 0. The van der Waals surface area contributed by atoms with Crippen molar-refractivity contribution in [3.63, 3.8) is 0 Å². The molecule has 4 nitrogen and oxygen atoms in total. The van der Waals surface area contributed by atoms with Gasteiger partial charge in [0.1, 0.15) is 0 Å². The monoisotopic (exact) mass is 279 g/mol. The van der Waals surface area contributed by atoms with Crippen LogP contribution in [0.1, 0.15) is 51.4 Å². The maximum absolute atomic E-state index is 12.1. The number of esters is 1. The van der Waals surface area contributed by atoms with Gasteiger partial charge in [0.2, 0.25) is 5.91 Å². The first kappa shape index (κ1) is 13.9. The molecule has 0 aromatic carbocycles. The number of carbonyl (C=O) groups is 2. The number of hydrogen-bond donors (Lipinski definition) is 1. The number of rotatable bonds is 5. The van der Waals surface area contributed by atoms with Crippen LogP contribution in [0.3, 0.4) is 0 Å². The van der Waals surface area contributed by atoms with Crippen LogP contribution in [0.15, 0.2) is 0 Å². The molecule has 4 heteroatoms. The van der Waals surface area contributed by atoms with Crippen LogP contribution >= 0.6 is 0 Å². The molecule has 0 saturated heterocycles. The van der Waals surface area contributed by atoms with E-state index in [4.69, 9.17) is 0 Å². The van der Waals surface area contributed by atoms with Crippen LogP contribution in [-0.2, 0) is 14.3 Å². The molecular formula is C16H25NO3. The Hall–Kier alpha value is -1.06. The van der Waals surface area contributed by atoms with Gasteiger partial charge in [-0.05, 0) is 61.7 Å². The SMILES string of the molecule is COC(=O)CCNC(=O)CC12CC3CC(CC(C3)C1)C2. The quantitative estimate of drug-likeness (QED) is 0.785. The molecule has 1 N–H and O–H groups in total. The minimum absolute atomic E-state index is 0.121. The Kier molecular flexibility index (Phi) is 3.74. The highest BCUT2D eigenvalue weighted by atomic mass is 16.5.